The van der Waals surface area contributed by atoms with Crippen molar-refractivity contribution in [2.24, 2.45) is 5.92 Å². The molecule has 1 aromatic rings. The normalized spacial score (nSPS) is 25.7. The first-order valence-electron chi connectivity index (χ1n) is 7.01. The van der Waals surface area contributed by atoms with Crippen LogP contribution < -0.4 is 5.32 Å². The van der Waals surface area contributed by atoms with Crippen LogP contribution in [0.5, 0.6) is 0 Å². The van der Waals surface area contributed by atoms with E-state index in [1.807, 2.05) is 6.07 Å². The van der Waals surface area contributed by atoms with Gasteiger partial charge in [0.2, 0.25) is 0 Å². The molecular weight excluding hydrogens is 212 g/mol. The number of hydrogen-bond donors (Lipinski definition) is 1. The lowest BCUT2D eigenvalue weighted by atomic mass is 9.95. The Morgan fingerprint density at radius 2 is 2.29 bits per heavy atom. The van der Waals surface area contributed by atoms with Crippen molar-refractivity contribution < 1.29 is 4.52 Å². The Labute approximate surface area is 104 Å². The Bertz CT molecular complexity index is 297. The fraction of sp³-hybridized carbons (Fsp3) is 0.786. The van der Waals surface area contributed by atoms with Crippen molar-refractivity contribution in [3.8, 4) is 0 Å². The van der Waals surface area contributed by atoms with Gasteiger partial charge in [0.1, 0.15) is 5.76 Å². The lowest BCUT2D eigenvalue weighted by molar-refractivity contribution is 0.352. The molecule has 0 aromatic carbocycles. The predicted molar refractivity (Wildman–Crippen MR) is 68.6 cm³/mol. The van der Waals surface area contributed by atoms with Gasteiger partial charge in [0.15, 0.2) is 0 Å². The summed E-state index contributed by atoms with van der Waals surface area (Å²) >= 11 is 0. The van der Waals surface area contributed by atoms with Crippen LogP contribution in [0, 0.1) is 5.92 Å². The van der Waals surface area contributed by atoms with E-state index in [0.717, 1.165) is 18.2 Å². The predicted octanol–water partition coefficient (Wildman–Crippen LogP) is 3.51. The van der Waals surface area contributed by atoms with Crippen molar-refractivity contribution in [2.75, 3.05) is 0 Å². The van der Waals surface area contributed by atoms with E-state index >= 15 is 0 Å². The maximum Gasteiger partial charge on any atom is 0.150 e. The lowest BCUT2D eigenvalue weighted by Crippen LogP contribution is -2.27. The van der Waals surface area contributed by atoms with Crippen molar-refractivity contribution in [2.45, 2.75) is 64.5 Å². The number of nitrogens with zero attached hydrogens (tertiary/aromatic N) is 1. The average molecular weight is 236 g/mol. The van der Waals surface area contributed by atoms with Gasteiger partial charge in [-0.2, -0.15) is 0 Å². The number of nitrogens with one attached hydrogen (secondary N) is 1. The number of hydrogen-bond acceptors (Lipinski definition) is 3. The minimum absolute atomic E-state index is 0.668. The van der Waals surface area contributed by atoms with E-state index in [2.05, 4.69) is 17.4 Å². The van der Waals surface area contributed by atoms with Crippen LogP contribution in [-0.2, 0) is 6.54 Å². The van der Waals surface area contributed by atoms with Crippen LogP contribution in [0.3, 0.4) is 0 Å². The minimum Gasteiger partial charge on any atom is -0.360 e. The molecule has 2 unspecified atom stereocenters. The molecule has 2 rings (SSSR count). The van der Waals surface area contributed by atoms with Gasteiger partial charge in [0.05, 0.1) is 12.7 Å². The quantitative estimate of drug-likeness (QED) is 0.795. The Kier molecular flexibility index (Phi) is 5.05. The van der Waals surface area contributed by atoms with Crippen molar-refractivity contribution in [1.82, 2.24) is 10.5 Å². The first kappa shape index (κ1) is 12.6. The van der Waals surface area contributed by atoms with Crippen LogP contribution in [0.25, 0.3) is 0 Å². The molecule has 1 fully saturated rings. The van der Waals surface area contributed by atoms with Gasteiger partial charge in [0.25, 0.3) is 0 Å². The molecule has 96 valence electrons. The Morgan fingerprint density at radius 1 is 1.35 bits per heavy atom. The molecule has 17 heavy (non-hydrogen) atoms. The van der Waals surface area contributed by atoms with E-state index in [0.29, 0.717) is 6.04 Å². The third-order valence-electron chi connectivity index (χ3n) is 3.84. The smallest absolute Gasteiger partial charge is 0.150 e. The van der Waals surface area contributed by atoms with Crippen LogP contribution in [0.1, 0.15) is 57.6 Å². The van der Waals surface area contributed by atoms with Gasteiger partial charge in [-0.15, -0.1) is 0 Å². The molecule has 1 heterocycles. The fourth-order valence-electron chi connectivity index (χ4n) is 2.86. The van der Waals surface area contributed by atoms with Crippen LogP contribution in [0.4, 0.5) is 0 Å². The molecule has 0 saturated heterocycles. The van der Waals surface area contributed by atoms with E-state index in [4.69, 9.17) is 4.52 Å². The zero-order chi connectivity index (χ0) is 11.9. The minimum atomic E-state index is 0.668. The van der Waals surface area contributed by atoms with E-state index in [1.54, 1.807) is 6.20 Å². The molecule has 1 aliphatic rings. The molecule has 0 bridgehead atoms. The van der Waals surface area contributed by atoms with Crippen LogP contribution in [-0.4, -0.2) is 11.2 Å². The van der Waals surface area contributed by atoms with E-state index in [9.17, 15) is 0 Å². The van der Waals surface area contributed by atoms with Crippen LogP contribution in [0.2, 0.25) is 0 Å². The molecule has 0 spiro atoms. The molecule has 1 aromatic heterocycles. The molecule has 0 aliphatic heterocycles. The second-order valence-corrected chi connectivity index (χ2v) is 5.22. The van der Waals surface area contributed by atoms with Crippen LogP contribution >= 0.6 is 0 Å². The Balaban J connectivity index is 1.71. The summed E-state index contributed by atoms with van der Waals surface area (Å²) in [6.45, 7) is 3.12. The third kappa shape index (κ3) is 4.15. The highest BCUT2D eigenvalue weighted by Gasteiger charge is 2.18. The third-order valence-corrected chi connectivity index (χ3v) is 3.84. The maximum absolute atomic E-state index is 5.10. The van der Waals surface area contributed by atoms with Gasteiger partial charge in [0, 0.05) is 12.1 Å². The summed E-state index contributed by atoms with van der Waals surface area (Å²) in [5, 5.41) is 7.32. The lowest BCUT2D eigenvalue weighted by Gasteiger charge is -2.15. The second kappa shape index (κ2) is 6.80. The molecule has 0 amide bonds. The summed E-state index contributed by atoms with van der Waals surface area (Å²) in [6.07, 6.45) is 11.3. The Morgan fingerprint density at radius 3 is 3.06 bits per heavy atom. The van der Waals surface area contributed by atoms with Gasteiger partial charge in [-0.05, 0) is 25.2 Å². The standard InChI is InChI=1S/C14H24N2O/c1-2-4-12-5-3-6-13(8-7-12)15-11-14-9-10-16-17-14/h9-10,12-13,15H,2-8,11H2,1H3. The van der Waals surface area contributed by atoms with Gasteiger partial charge >= 0.3 is 0 Å². The van der Waals surface area contributed by atoms with Crippen LogP contribution in [0.15, 0.2) is 16.8 Å². The highest BCUT2D eigenvalue weighted by Crippen LogP contribution is 2.26. The molecule has 3 heteroatoms. The molecule has 2 atom stereocenters. The second-order valence-electron chi connectivity index (χ2n) is 5.22. The maximum atomic E-state index is 5.10. The van der Waals surface area contributed by atoms with Crippen molar-refractivity contribution >= 4 is 0 Å². The SMILES string of the molecule is CCCC1CCCC(NCc2ccno2)CC1. The van der Waals surface area contributed by atoms with Crippen molar-refractivity contribution in [3.63, 3.8) is 0 Å². The van der Waals surface area contributed by atoms with Gasteiger partial charge in [-0.3, -0.25) is 0 Å². The van der Waals surface area contributed by atoms with Gasteiger partial charge in [-0.1, -0.05) is 37.8 Å². The molecule has 1 aliphatic carbocycles. The van der Waals surface area contributed by atoms with E-state index < -0.39 is 0 Å². The average Bonchev–Trinajstić information content (AvgIpc) is 2.75. The zero-order valence-corrected chi connectivity index (χ0v) is 10.8. The van der Waals surface area contributed by atoms with Crippen molar-refractivity contribution in [1.29, 1.82) is 0 Å². The number of aromatic nitrogens is 1. The highest BCUT2D eigenvalue weighted by molar-refractivity contribution is 4.92. The highest BCUT2D eigenvalue weighted by atomic mass is 16.5. The first-order chi connectivity index (χ1) is 8.38. The molecule has 1 N–H and O–H groups in total. The van der Waals surface area contributed by atoms with E-state index in [1.165, 1.54) is 44.9 Å². The first-order valence-corrected chi connectivity index (χ1v) is 7.01. The van der Waals surface area contributed by atoms with E-state index in [-0.39, 0.29) is 0 Å². The monoisotopic (exact) mass is 236 g/mol. The summed E-state index contributed by atoms with van der Waals surface area (Å²) in [5.74, 6) is 1.91. The van der Waals surface area contributed by atoms with Gasteiger partial charge in [-0.25, -0.2) is 0 Å². The number of rotatable bonds is 5. The summed E-state index contributed by atoms with van der Waals surface area (Å²) < 4.78 is 5.10. The summed E-state index contributed by atoms with van der Waals surface area (Å²) in [6, 6.07) is 2.60. The molecule has 1 saturated carbocycles. The van der Waals surface area contributed by atoms with Crippen molar-refractivity contribution in [3.05, 3.63) is 18.0 Å². The summed E-state index contributed by atoms with van der Waals surface area (Å²) in [4.78, 5) is 0. The fourth-order valence-corrected chi connectivity index (χ4v) is 2.86. The summed E-state index contributed by atoms with van der Waals surface area (Å²) in [7, 11) is 0. The largest absolute Gasteiger partial charge is 0.360 e. The molecule has 3 nitrogen and oxygen atoms in total. The van der Waals surface area contributed by atoms with Gasteiger partial charge < -0.3 is 9.84 Å². The zero-order valence-electron chi connectivity index (χ0n) is 10.8. The summed E-state index contributed by atoms with van der Waals surface area (Å²) in [5.41, 5.74) is 0. The Hall–Kier alpha value is -0.830. The molecule has 0 radical (unpaired) electrons. The molecular formula is C14H24N2O. The topological polar surface area (TPSA) is 38.1 Å².